The Morgan fingerprint density at radius 3 is 1.68 bits per heavy atom. The third kappa shape index (κ3) is 3.22. The Kier molecular flexibility index (Phi) is 5.24. The molecule has 0 heterocycles. The quantitative estimate of drug-likeness (QED) is 0.191. The zero-order valence-electron chi connectivity index (χ0n) is 12.5. The third-order valence-corrected chi connectivity index (χ3v) is 8.34. The predicted octanol–water partition coefficient (Wildman–Crippen LogP) is 4.30. The molecule has 0 saturated heterocycles. The summed E-state index contributed by atoms with van der Waals surface area (Å²) in [6, 6.07) is 15.3. The Labute approximate surface area is 148 Å². The molecule has 0 fully saturated rings. The van der Waals surface area contributed by atoms with E-state index in [4.69, 9.17) is 0 Å². The van der Waals surface area contributed by atoms with Crippen molar-refractivity contribution in [3.63, 3.8) is 0 Å². The molecule has 0 nitrogen and oxygen atoms in total. The van der Waals surface area contributed by atoms with Gasteiger partial charge in [-0.2, -0.15) is 0 Å². The summed E-state index contributed by atoms with van der Waals surface area (Å²) in [5, 5.41) is 1.42. The van der Waals surface area contributed by atoms with E-state index >= 15 is 0 Å². The van der Waals surface area contributed by atoms with E-state index in [1.165, 1.54) is 12.1 Å². The van der Waals surface area contributed by atoms with Gasteiger partial charge in [-0.25, -0.2) is 0 Å². The Balaban J connectivity index is 2.27. The Bertz CT molecular complexity index is 944. The van der Waals surface area contributed by atoms with Crippen LogP contribution in [0, 0.1) is 29.1 Å². The van der Waals surface area contributed by atoms with Gasteiger partial charge in [-0.1, -0.05) is 0 Å². The SMILES string of the molecule is Fc1c(F)c(F)c(-c2ccccc2[PH](=[Se])c2ccccc2)c(F)c1F. The molecule has 1 atom stereocenters. The van der Waals surface area contributed by atoms with Gasteiger partial charge in [0.15, 0.2) is 0 Å². The van der Waals surface area contributed by atoms with Crippen LogP contribution in [0.2, 0.25) is 0 Å². The van der Waals surface area contributed by atoms with Crippen LogP contribution in [0.15, 0.2) is 54.6 Å². The first-order valence-corrected chi connectivity index (χ1v) is 11.1. The summed E-state index contributed by atoms with van der Waals surface area (Å²) in [4.78, 5) is 0. The molecule has 128 valence electrons. The van der Waals surface area contributed by atoms with Crippen LogP contribution in [0.1, 0.15) is 0 Å². The molecule has 0 amide bonds. The number of hydrogen-bond acceptors (Lipinski definition) is 0. The molecule has 0 spiro atoms. The summed E-state index contributed by atoms with van der Waals surface area (Å²) in [7, 11) is 0. The third-order valence-electron chi connectivity index (χ3n) is 3.69. The van der Waals surface area contributed by atoms with Crippen molar-refractivity contribution in [2.45, 2.75) is 0 Å². The van der Waals surface area contributed by atoms with E-state index in [1.807, 2.05) is 30.3 Å². The number of benzene rings is 3. The first-order valence-electron chi connectivity index (χ1n) is 7.14. The predicted molar refractivity (Wildman–Crippen MR) is 91.4 cm³/mol. The summed E-state index contributed by atoms with van der Waals surface area (Å²) in [5.74, 6) is -9.71. The van der Waals surface area contributed by atoms with Crippen LogP contribution in [0.5, 0.6) is 0 Å². The summed E-state index contributed by atoms with van der Waals surface area (Å²) in [5.41, 5.74) is -0.910. The standard InChI is InChI=1S/C18H10F5PSe/c19-14-13(15(20)17(22)18(23)16(14)21)11-8-4-5-9-12(11)24(25)10-6-2-1-3-7-10/h1-9,24H. The van der Waals surface area contributed by atoms with Crippen molar-refractivity contribution in [1.29, 1.82) is 0 Å². The van der Waals surface area contributed by atoms with Crippen LogP contribution in [0.4, 0.5) is 22.0 Å². The minimum absolute atomic E-state index is 0.00760. The van der Waals surface area contributed by atoms with Crippen LogP contribution < -0.4 is 10.6 Å². The number of rotatable bonds is 3. The molecule has 1 unspecified atom stereocenters. The van der Waals surface area contributed by atoms with Crippen molar-refractivity contribution in [3.05, 3.63) is 83.7 Å². The van der Waals surface area contributed by atoms with E-state index in [9.17, 15) is 22.0 Å². The molecule has 0 bridgehead atoms. The summed E-state index contributed by atoms with van der Waals surface area (Å²) < 4.78 is 68.9. The Hall–Kier alpha value is -1.74. The average Bonchev–Trinajstić information content (AvgIpc) is 2.65. The van der Waals surface area contributed by atoms with Crippen LogP contribution in [-0.2, 0) is 0 Å². The van der Waals surface area contributed by atoms with Crippen molar-refractivity contribution < 1.29 is 22.0 Å². The minimum atomic E-state index is -2.16. The molecule has 0 saturated carbocycles. The molecular weight excluding hydrogens is 421 g/mol. The summed E-state index contributed by atoms with van der Waals surface area (Å²) in [6.45, 7) is 0. The molecule has 7 heteroatoms. The fourth-order valence-corrected chi connectivity index (χ4v) is 5.97. The molecular formula is C18H10F5PSe. The van der Waals surface area contributed by atoms with Crippen molar-refractivity contribution in [1.82, 2.24) is 0 Å². The van der Waals surface area contributed by atoms with E-state index < -0.39 is 40.8 Å². The van der Waals surface area contributed by atoms with Gasteiger partial charge in [0, 0.05) is 0 Å². The van der Waals surface area contributed by atoms with Crippen molar-refractivity contribution in [2.75, 3.05) is 0 Å². The van der Waals surface area contributed by atoms with E-state index in [1.54, 1.807) is 12.1 Å². The Morgan fingerprint density at radius 2 is 1.08 bits per heavy atom. The van der Waals surface area contributed by atoms with Gasteiger partial charge < -0.3 is 0 Å². The first kappa shape index (κ1) is 18.1. The fourth-order valence-electron chi connectivity index (χ4n) is 2.49. The molecule has 0 aliphatic carbocycles. The van der Waals surface area contributed by atoms with Gasteiger partial charge in [-0.05, 0) is 0 Å². The monoisotopic (exact) mass is 432 g/mol. The van der Waals surface area contributed by atoms with Crippen LogP contribution >= 0.6 is 6.17 Å². The number of hydrogen-bond donors (Lipinski definition) is 0. The summed E-state index contributed by atoms with van der Waals surface area (Å²) in [6.07, 6.45) is -1.59. The van der Waals surface area contributed by atoms with Gasteiger partial charge in [0.25, 0.3) is 0 Å². The molecule has 3 aromatic rings. The maximum atomic E-state index is 14.2. The first-order chi connectivity index (χ1) is 11.9. The van der Waals surface area contributed by atoms with Crippen molar-refractivity contribution in [3.8, 4) is 11.1 Å². The van der Waals surface area contributed by atoms with E-state index in [2.05, 4.69) is 15.1 Å². The average molecular weight is 431 g/mol. The van der Waals surface area contributed by atoms with Crippen LogP contribution in [0.3, 0.4) is 0 Å². The fraction of sp³-hybridized carbons (Fsp3) is 0. The van der Waals surface area contributed by atoms with Crippen LogP contribution in [-0.4, -0.2) is 15.1 Å². The topological polar surface area (TPSA) is 0 Å². The normalized spacial score (nSPS) is 12.2. The maximum absolute atomic E-state index is 14.2. The van der Waals surface area contributed by atoms with Crippen LogP contribution in [0.25, 0.3) is 11.1 Å². The second kappa shape index (κ2) is 7.25. The second-order valence-electron chi connectivity index (χ2n) is 5.19. The van der Waals surface area contributed by atoms with Gasteiger partial charge in [-0.15, -0.1) is 0 Å². The second-order valence-corrected chi connectivity index (χ2v) is 9.53. The van der Waals surface area contributed by atoms with Crippen molar-refractivity contribution in [2.24, 2.45) is 0 Å². The Morgan fingerprint density at radius 1 is 0.600 bits per heavy atom. The van der Waals surface area contributed by atoms with Gasteiger partial charge in [0.1, 0.15) is 0 Å². The molecule has 0 N–H and O–H groups in total. The number of halogens is 5. The van der Waals surface area contributed by atoms with E-state index in [0.29, 0.717) is 5.30 Å². The van der Waals surface area contributed by atoms with Gasteiger partial charge in [-0.3, -0.25) is 0 Å². The molecule has 0 aromatic heterocycles. The van der Waals surface area contributed by atoms with Gasteiger partial charge in [0.05, 0.1) is 0 Å². The van der Waals surface area contributed by atoms with Crippen molar-refractivity contribution >= 4 is 31.9 Å². The van der Waals surface area contributed by atoms with Gasteiger partial charge in [0.2, 0.25) is 0 Å². The molecule has 0 aliphatic heterocycles. The zero-order chi connectivity index (χ0) is 18.1. The van der Waals surface area contributed by atoms with E-state index in [-0.39, 0.29) is 5.56 Å². The molecule has 25 heavy (non-hydrogen) atoms. The molecule has 3 rings (SSSR count). The molecule has 0 aliphatic rings. The van der Waals surface area contributed by atoms with Gasteiger partial charge >= 0.3 is 149 Å². The molecule has 3 aromatic carbocycles. The van der Waals surface area contributed by atoms with E-state index in [0.717, 1.165) is 5.30 Å². The summed E-state index contributed by atoms with van der Waals surface area (Å²) >= 11 is 2.99. The molecule has 0 radical (unpaired) electrons. The zero-order valence-corrected chi connectivity index (χ0v) is 15.2.